The highest BCUT2D eigenvalue weighted by atomic mass is 35.5. The number of nitrogens with one attached hydrogen (secondary N) is 1. The zero-order chi connectivity index (χ0) is 14.4. The lowest BCUT2D eigenvalue weighted by Crippen LogP contribution is -2.45. The molecule has 1 fully saturated rings. The Kier molecular flexibility index (Phi) is 7.67. The van der Waals surface area contributed by atoms with Gasteiger partial charge in [0.05, 0.1) is 12.7 Å². The van der Waals surface area contributed by atoms with E-state index in [1.807, 2.05) is 18.2 Å². The third-order valence-electron chi connectivity index (χ3n) is 3.69. The van der Waals surface area contributed by atoms with Gasteiger partial charge in [-0.2, -0.15) is 0 Å². The fourth-order valence-electron chi connectivity index (χ4n) is 2.67. The summed E-state index contributed by atoms with van der Waals surface area (Å²) >= 11 is 0. The number of hydrogen-bond acceptors (Lipinski definition) is 5. The number of hydrogen-bond donors (Lipinski definition) is 2. The van der Waals surface area contributed by atoms with E-state index >= 15 is 0 Å². The Labute approximate surface area is 131 Å². The topological polar surface area (TPSA) is 61.8 Å². The van der Waals surface area contributed by atoms with Gasteiger partial charge < -0.3 is 15.2 Å². The quantitative estimate of drug-likeness (QED) is 0.800. The molecule has 0 unspecified atom stereocenters. The van der Waals surface area contributed by atoms with Crippen LogP contribution in [0.3, 0.4) is 0 Å². The van der Waals surface area contributed by atoms with E-state index in [2.05, 4.69) is 10.2 Å². The summed E-state index contributed by atoms with van der Waals surface area (Å²) in [6.07, 6.45) is 0.671. The second kappa shape index (κ2) is 9.00. The predicted molar refractivity (Wildman–Crippen MR) is 83.9 cm³/mol. The largest absolute Gasteiger partial charge is 0.465 e. The van der Waals surface area contributed by atoms with Crippen molar-refractivity contribution in [2.45, 2.75) is 12.5 Å². The molecule has 0 saturated carbocycles. The number of ether oxygens (including phenoxy) is 1. The van der Waals surface area contributed by atoms with Crippen LogP contribution < -0.4 is 5.32 Å². The second-order valence-electron chi connectivity index (χ2n) is 4.93. The van der Waals surface area contributed by atoms with E-state index in [0.29, 0.717) is 12.0 Å². The number of methoxy groups -OCH3 is 1. The van der Waals surface area contributed by atoms with Crippen LogP contribution in [-0.4, -0.2) is 55.9 Å². The van der Waals surface area contributed by atoms with Crippen molar-refractivity contribution in [3.05, 3.63) is 35.4 Å². The van der Waals surface area contributed by atoms with E-state index in [1.54, 1.807) is 6.07 Å². The van der Waals surface area contributed by atoms with Gasteiger partial charge in [0, 0.05) is 38.8 Å². The summed E-state index contributed by atoms with van der Waals surface area (Å²) < 4.78 is 4.76. The fourth-order valence-corrected chi connectivity index (χ4v) is 2.67. The van der Waals surface area contributed by atoms with Gasteiger partial charge in [0.2, 0.25) is 0 Å². The van der Waals surface area contributed by atoms with Gasteiger partial charge in [0.25, 0.3) is 0 Å². The normalized spacial score (nSPS) is 16.9. The van der Waals surface area contributed by atoms with Gasteiger partial charge >= 0.3 is 5.97 Å². The van der Waals surface area contributed by atoms with Gasteiger partial charge in [-0.05, 0) is 24.1 Å². The number of carbonyl (C=O) groups excluding carboxylic acids is 1. The maximum atomic E-state index is 11.6. The summed E-state index contributed by atoms with van der Waals surface area (Å²) in [6.45, 7) is 3.95. The van der Waals surface area contributed by atoms with E-state index in [-0.39, 0.29) is 31.0 Å². The van der Waals surface area contributed by atoms with E-state index in [4.69, 9.17) is 4.74 Å². The Hall–Kier alpha value is -1.14. The Morgan fingerprint density at radius 2 is 2.14 bits per heavy atom. The Bertz CT molecular complexity index is 450. The van der Waals surface area contributed by atoms with Crippen LogP contribution in [0.1, 0.15) is 28.4 Å². The number of aliphatic hydroxyl groups excluding tert-OH is 1. The fraction of sp³-hybridized carbons (Fsp3) is 0.533. The molecule has 0 spiro atoms. The third kappa shape index (κ3) is 4.68. The van der Waals surface area contributed by atoms with Crippen molar-refractivity contribution in [3.63, 3.8) is 0 Å². The van der Waals surface area contributed by atoms with Crippen LogP contribution in [0.5, 0.6) is 0 Å². The molecule has 2 rings (SSSR count). The van der Waals surface area contributed by atoms with Crippen LogP contribution in [0, 0.1) is 0 Å². The lowest BCUT2D eigenvalue weighted by atomic mass is 9.99. The van der Waals surface area contributed by atoms with Crippen molar-refractivity contribution in [3.8, 4) is 0 Å². The highest BCUT2D eigenvalue weighted by molar-refractivity contribution is 5.89. The summed E-state index contributed by atoms with van der Waals surface area (Å²) in [6, 6.07) is 7.65. The number of rotatable bonds is 5. The van der Waals surface area contributed by atoms with Crippen molar-refractivity contribution >= 4 is 18.4 Å². The number of nitrogens with zero attached hydrogens (tertiary/aromatic N) is 1. The number of esters is 1. The summed E-state index contributed by atoms with van der Waals surface area (Å²) in [5, 5.41) is 12.6. The van der Waals surface area contributed by atoms with E-state index in [1.165, 1.54) is 7.11 Å². The van der Waals surface area contributed by atoms with Gasteiger partial charge in [0.1, 0.15) is 0 Å². The van der Waals surface area contributed by atoms with Crippen molar-refractivity contribution in [1.82, 2.24) is 10.2 Å². The lowest BCUT2D eigenvalue weighted by Gasteiger charge is -2.35. The summed E-state index contributed by atoms with van der Waals surface area (Å²) in [7, 11) is 1.39. The first kappa shape index (κ1) is 17.9. The van der Waals surface area contributed by atoms with Gasteiger partial charge in [-0.3, -0.25) is 4.90 Å². The monoisotopic (exact) mass is 314 g/mol. The minimum absolute atomic E-state index is 0. The van der Waals surface area contributed by atoms with Crippen LogP contribution in [0.4, 0.5) is 0 Å². The van der Waals surface area contributed by atoms with Crippen molar-refractivity contribution in [2.75, 3.05) is 39.9 Å². The first-order valence-electron chi connectivity index (χ1n) is 7.00. The highest BCUT2D eigenvalue weighted by Crippen LogP contribution is 2.25. The molecular weight excluding hydrogens is 292 g/mol. The lowest BCUT2D eigenvalue weighted by molar-refractivity contribution is 0.0600. The Morgan fingerprint density at radius 1 is 1.43 bits per heavy atom. The standard InChI is InChI=1S/C15H22N2O3.ClH/c1-20-15(19)13-4-2-3-12(11-13)14(5-10-18)17-8-6-16-7-9-17;/h2-4,11,14,16,18H,5-10H2,1H3;1H/t14-;/m1./s1. The molecule has 0 radical (unpaired) electrons. The van der Waals surface area contributed by atoms with Crippen LogP contribution in [0.15, 0.2) is 24.3 Å². The van der Waals surface area contributed by atoms with Gasteiger partial charge in [-0.1, -0.05) is 12.1 Å². The average Bonchev–Trinajstić information content (AvgIpc) is 2.52. The zero-order valence-electron chi connectivity index (χ0n) is 12.2. The molecule has 6 heteroatoms. The SMILES string of the molecule is COC(=O)c1cccc([C@@H](CCO)N2CCNCC2)c1.Cl. The predicted octanol–water partition coefficient (Wildman–Crippen LogP) is 1.22. The number of benzene rings is 1. The highest BCUT2D eigenvalue weighted by Gasteiger charge is 2.22. The molecule has 0 amide bonds. The van der Waals surface area contributed by atoms with Crippen molar-refractivity contribution in [1.29, 1.82) is 0 Å². The van der Waals surface area contributed by atoms with Gasteiger partial charge in [0.15, 0.2) is 0 Å². The smallest absolute Gasteiger partial charge is 0.337 e. The molecule has 1 aromatic carbocycles. The molecule has 21 heavy (non-hydrogen) atoms. The van der Waals surface area contributed by atoms with E-state index in [0.717, 1.165) is 31.7 Å². The first-order chi connectivity index (χ1) is 9.76. The molecular formula is C15H23ClN2O3. The molecule has 0 aliphatic carbocycles. The molecule has 5 nitrogen and oxygen atoms in total. The van der Waals surface area contributed by atoms with E-state index < -0.39 is 0 Å². The molecule has 1 aliphatic heterocycles. The second-order valence-corrected chi connectivity index (χ2v) is 4.93. The third-order valence-corrected chi connectivity index (χ3v) is 3.69. The van der Waals surface area contributed by atoms with Crippen LogP contribution in [-0.2, 0) is 4.74 Å². The van der Waals surface area contributed by atoms with Crippen LogP contribution in [0.25, 0.3) is 0 Å². The van der Waals surface area contributed by atoms with Crippen LogP contribution >= 0.6 is 12.4 Å². The van der Waals surface area contributed by atoms with Crippen molar-refractivity contribution in [2.24, 2.45) is 0 Å². The average molecular weight is 315 g/mol. The van der Waals surface area contributed by atoms with Gasteiger partial charge in [-0.25, -0.2) is 4.79 Å². The molecule has 2 N–H and O–H groups in total. The minimum Gasteiger partial charge on any atom is -0.465 e. The Balaban J connectivity index is 0.00000220. The van der Waals surface area contributed by atoms with E-state index in [9.17, 15) is 9.90 Å². The minimum atomic E-state index is -0.324. The molecule has 1 aromatic rings. The Morgan fingerprint density at radius 3 is 2.76 bits per heavy atom. The molecule has 0 bridgehead atoms. The molecule has 1 aliphatic rings. The number of piperazine rings is 1. The first-order valence-corrected chi connectivity index (χ1v) is 7.00. The number of carbonyl (C=O) groups is 1. The number of halogens is 1. The maximum Gasteiger partial charge on any atom is 0.337 e. The molecule has 0 aromatic heterocycles. The number of aliphatic hydroxyl groups is 1. The summed E-state index contributed by atoms with van der Waals surface area (Å²) in [5.74, 6) is -0.324. The molecule has 1 saturated heterocycles. The van der Waals surface area contributed by atoms with Crippen LogP contribution in [0.2, 0.25) is 0 Å². The molecule has 1 heterocycles. The maximum absolute atomic E-state index is 11.6. The molecule has 1 atom stereocenters. The zero-order valence-corrected chi connectivity index (χ0v) is 13.1. The van der Waals surface area contributed by atoms with Crippen molar-refractivity contribution < 1.29 is 14.6 Å². The summed E-state index contributed by atoms with van der Waals surface area (Å²) in [5.41, 5.74) is 1.62. The molecule has 118 valence electrons. The summed E-state index contributed by atoms with van der Waals surface area (Å²) in [4.78, 5) is 14.0. The van der Waals surface area contributed by atoms with Gasteiger partial charge in [-0.15, -0.1) is 12.4 Å².